The molecule has 0 saturated carbocycles. The molecule has 2 N–H and O–H groups in total. The van der Waals surface area contributed by atoms with Gasteiger partial charge in [-0.3, -0.25) is 9.88 Å². The number of carbonyl (C=O) groups excluding carboxylic acids is 1. The van der Waals surface area contributed by atoms with Gasteiger partial charge in [0, 0.05) is 24.8 Å². The number of nitrogens with zero attached hydrogens (tertiary/aromatic N) is 6. The Balaban J connectivity index is 1.60. The first-order chi connectivity index (χ1) is 19.7. The summed E-state index contributed by atoms with van der Waals surface area (Å²) in [6.45, 7) is 4.11. The van der Waals surface area contributed by atoms with Crippen LogP contribution in [0.2, 0.25) is 5.02 Å². The number of nitrogens with two attached hydrogens (primary N) is 1. The lowest BCUT2D eigenvalue weighted by atomic mass is 10.0. The van der Waals surface area contributed by atoms with Crippen molar-refractivity contribution in [2.45, 2.75) is 57.5 Å². The number of alkyl halides is 3. The monoisotopic (exact) mass is 607 g/mol. The lowest BCUT2D eigenvalue weighted by Crippen LogP contribution is -2.57. The first-order valence-electron chi connectivity index (χ1n) is 13.0. The first-order valence-corrected chi connectivity index (χ1v) is 13.3. The number of fused-ring (bicyclic) bond motifs is 3. The summed E-state index contributed by atoms with van der Waals surface area (Å²) < 4.78 is 65.6. The minimum absolute atomic E-state index is 0.0100. The molecule has 2 bridgehead atoms. The average molecular weight is 608 g/mol. The third-order valence-corrected chi connectivity index (χ3v) is 7.24. The largest absolute Gasteiger partial charge is 0.454 e. The summed E-state index contributed by atoms with van der Waals surface area (Å²) in [6.07, 6.45) is -2.55. The third-order valence-electron chi connectivity index (χ3n) is 6.93. The van der Waals surface area contributed by atoms with Gasteiger partial charge in [-0.1, -0.05) is 11.6 Å². The van der Waals surface area contributed by atoms with E-state index in [1.165, 1.54) is 18.3 Å². The highest BCUT2D eigenvalue weighted by Crippen LogP contribution is 2.40. The van der Waals surface area contributed by atoms with Crippen LogP contribution in [0.5, 0.6) is 6.01 Å². The molecule has 2 unspecified atom stereocenters. The normalized spacial score (nSPS) is 18.7. The predicted molar refractivity (Wildman–Crippen MR) is 146 cm³/mol. The van der Waals surface area contributed by atoms with E-state index in [9.17, 15) is 23.2 Å². The number of piperazine rings is 1. The van der Waals surface area contributed by atoms with E-state index in [2.05, 4.69) is 15.0 Å². The number of ether oxygens (including phenoxy) is 2. The lowest BCUT2D eigenvalue weighted by molar-refractivity contribution is -0.154. The van der Waals surface area contributed by atoms with Crippen LogP contribution in [0.1, 0.15) is 39.2 Å². The minimum Gasteiger partial charge on any atom is -0.454 e. The number of nitriles is 1. The molecule has 10 nitrogen and oxygen atoms in total. The molecule has 2 aromatic heterocycles. The summed E-state index contributed by atoms with van der Waals surface area (Å²) in [4.78, 5) is 28.7. The molecule has 0 aliphatic carbocycles. The highest BCUT2D eigenvalue weighted by molar-refractivity contribution is 6.33. The standard InChI is InChI=1S/C27H26ClF4N7O3/c1-26(2,3)42-25(40)39-13-4-5-14(39)11-38(10-13)23-16-9-35-22(19-15(8-33)18(34)7-6-17(19)28)20(29)21(16)36-24(37-23)41-12-27(30,31)32/h6-7,9,13-14H,4-5,10-12,34H2,1-3H3. The number of pyridine rings is 1. The van der Waals surface area contributed by atoms with Gasteiger partial charge in [-0.2, -0.15) is 28.4 Å². The SMILES string of the molecule is CC(C)(C)OC(=O)N1C2CCC1CN(c1nc(OCC(F)(F)F)nc3c(F)c(-c4c(Cl)ccc(N)c4C#N)ncc13)C2. The van der Waals surface area contributed by atoms with Gasteiger partial charge in [0.25, 0.3) is 0 Å². The van der Waals surface area contributed by atoms with Gasteiger partial charge in [0.15, 0.2) is 12.4 Å². The number of carbonyl (C=O) groups is 1. The molecule has 4 heterocycles. The maximum atomic E-state index is 16.1. The van der Waals surface area contributed by atoms with Gasteiger partial charge in [0.1, 0.15) is 28.7 Å². The minimum atomic E-state index is -4.70. The van der Waals surface area contributed by atoms with E-state index in [0.717, 1.165) is 0 Å². The molecule has 2 aliphatic rings. The molecular formula is C27H26ClF4N7O3. The van der Waals surface area contributed by atoms with Crippen LogP contribution in [0.4, 0.5) is 33.9 Å². The molecular weight excluding hydrogens is 582 g/mol. The van der Waals surface area contributed by atoms with Crippen molar-refractivity contribution < 1.29 is 31.8 Å². The van der Waals surface area contributed by atoms with Crippen molar-refractivity contribution in [1.29, 1.82) is 5.26 Å². The van der Waals surface area contributed by atoms with Crippen molar-refractivity contribution in [2.75, 3.05) is 30.3 Å². The quantitative estimate of drug-likeness (QED) is 0.303. The van der Waals surface area contributed by atoms with Crippen LogP contribution in [-0.4, -0.2) is 69.5 Å². The number of aromatic nitrogens is 3. The Morgan fingerprint density at radius 3 is 2.45 bits per heavy atom. The van der Waals surface area contributed by atoms with Crippen LogP contribution in [0.15, 0.2) is 18.3 Å². The molecule has 2 atom stereocenters. The van der Waals surface area contributed by atoms with E-state index >= 15 is 4.39 Å². The zero-order valence-electron chi connectivity index (χ0n) is 22.8. The van der Waals surface area contributed by atoms with Gasteiger partial charge in [-0.15, -0.1) is 0 Å². The smallest absolute Gasteiger partial charge is 0.422 e. The maximum absolute atomic E-state index is 16.1. The van der Waals surface area contributed by atoms with Gasteiger partial charge in [0.05, 0.1) is 33.7 Å². The Kier molecular flexibility index (Phi) is 7.42. The summed E-state index contributed by atoms with van der Waals surface area (Å²) >= 11 is 6.29. The number of amides is 1. The number of halogens is 5. The van der Waals surface area contributed by atoms with Gasteiger partial charge in [0.2, 0.25) is 0 Å². The van der Waals surface area contributed by atoms with Crippen LogP contribution in [-0.2, 0) is 4.74 Å². The van der Waals surface area contributed by atoms with E-state index in [0.29, 0.717) is 12.8 Å². The number of hydrogen-bond donors (Lipinski definition) is 1. The topological polar surface area (TPSA) is 130 Å². The van der Waals surface area contributed by atoms with Crippen molar-refractivity contribution in [3.05, 3.63) is 34.7 Å². The van der Waals surface area contributed by atoms with Crippen molar-refractivity contribution in [3.8, 4) is 23.3 Å². The average Bonchev–Trinajstić information content (AvgIpc) is 3.17. The Hall–Kier alpha value is -4.12. The van der Waals surface area contributed by atoms with Gasteiger partial charge in [-0.05, 0) is 45.7 Å². The van der Waals surface area contributed by atoms with Crippen LogP contribution in [0.3, 0.4) is 0 Å². The zero-order chi connectivity index (χ0) is 30.6. The molecule has 0 spiro atoms. The van der Waals surface area contributed by atoms with Crippen molar-refractivity contribution in [1.82, 2.24) is 19.9 Å². The fourth-order valence-electron chi connectivity index (χ4n) is 5.28. The van der Waals surface area contributed by atoms with Crippen LogP contribution in [0, 0.1) is 17.1 Å². The van der Waals surface area contributed by atoms with Gasteiger partial charge >= 0.3 is 18.3 Å². The molecule has 5 rings (SSSR count). The van der Waals surface area contributed by atoms with E-state index in [1.54, 1.807) is 30.6 Å². The number of hydrogen-bond acceptors (Lipinski definition) is 9. The Morgan fingerprint density at radius 1 is 1.19 bits per heavy atom. The summed E-state index contributed by atoms with van der Waals surface area (Å²) in [5.41, 5.74) is 4.29. The van der Waals surface area contributed by atoms with Crippen LogP contribution < -0.4 is 15.4 Å². The maximum Gasteiger partial charge on any atom is 0.422 e. The molecule has 1 aromatic carbocycles. The summed E-state index contributed by atoms with van der Waals surface area (Å²) in [6, 6.07) is 3.40. The predicted octanol–water partition coefficient (Wildman–Crippen LogP) is 5.47. The molecule has 3 aromatic rings. The van der Waals surface area contributed by atoms with E-state index in [4.69, 9.17) is 26.8 Å². The highest BCUT2D eigenvalue weighted by Gasteiger charge is 2.45. The molecule has 0 radical (unpaired) electrons. The third kappa shape index (κ3) is 5.65. The highest BCUT2D eigenvalue weighted by atomic mass is 35.5. The van der Waals surface area contributed by atoms with Crippen molar-refractivity contribution >= 4 is 40.1 Å². The molecule has 2 fully saturated rings. The molecule has 42 heavy (non-hydrogen) atoms. The Labute approximate surface area is 243 Å². The fourth-order valence-corrected chi connectivity index (χ4v) is 5.53. The molecule has 15 heteroatoms. The second-order valence-electron chi connectivity index (χ2n) is 11.1. The first kappa shape index (κ1) is 29.4. The Morgan fingerprint density at radius 2 is 1.86 bits per heavy atom. The van der Waals surface area contributed by atoms with E-state index in [-0.39, 0.29) is 69.4 Å². The second kappa shape index (κ2) is 10.6. The van der Waals surface area contributed by atoms with Crippen LogP contribution >= 0.6 is 11.6 Å². The van der Waals surface area contributed by atoms with E-state index < -0.39 is 36.3 Å². The number of rotatable bonds is 4. The van der Waals surface area contributed by atoms with Crippen molar-refractivity contribution in [2.24, 2.45) is 0 Å². The number of nitrogen functional groups attached to an aromatic ring is 1. The summed E-state index contributed by atoms with van der Waals surface area (Å²) in [5.74, 6) is -0.956. The van der Waals surface area contributed by atoms with Gasteiger partial charge in [-0.25, -0.2) is 9.18 Å². The summed E-state index contributed by atoms with van der Waals surface area (Å²) in [7, 11) is 0. The lowest BCUT2D eigenvalue weighted by Gasteiger charge is -2.42. The summed E-state index contributed by atoms with van der Waals surface area (Å²) in [5, 5.41) is 9.72. The van der Waals surface area contributed by atoms with E-state index in [1.807, 2.05) is 6.07 Å². The molecule has 2 saturated heterocycles. The molecule has 222 valence electrons. The van der Waals surface area contributed by atoms with Gasteiger partial charge < -0.3 is 20.1 Å². The zero-order valence-corrected chi connectivity index (χ0v) is 23.6. The number of anilines is 2. The van der Waals surface area contributed by atoms with Crippen molar-refractivity contribution in [3.63, 3.8) is 0 Å². The Bertz CT molecular complexity index is 1590. The molecule has 1 amide bonds. The fraction of sp³-hybridized carbons (Fsp3) is 0.444. The molecule has 2 aliphatic heterocycles. The van der Waals surface area contributed by atoms with Crippen LogP contribution in [0.25, 0.3) is 22.2 Å². The second-order valence-corrected chi connectivity index (χ2v) is 11.5. The number of benzene rings is 1.